The van der Waals surface area contributed by atoms with Crippen molar-refractivity contribution < 1.29 is 4.74 Å². The number of nitrogens with zero attached hydrogens (tertiary/aromatic N) is 1. The molecule has 0 spiro atoms. The highest BCUT2D eigenvalue weighted by Crippen LogP contribution is 2.38. The van der Waals surface area contributed by atoms with Gasteiger partial charge in [-0.25, -0.2) is 0 Å². The molecule has 1 heterocycles. The van der Waals surface area contributed by atoms with E-state index in [1.54, 1.807) is 7.11 Å². The zero-order valence-electron chi connectivity index (χ0n) is 12.1. The molecule has 1 saturated heterocycles. The summed E-state index contributed by atoms with van der Waals surface area (Å²) in [4.78, 5) is 2.38. The first-order valence-corrected chi connectivity index (χ1v) is 7.38. The lowest BCUT2D eigenvalue weighted by Gasteiger charge is -2.27. The van der Waals surface area contributed by atoms with E-state index >= 15 is 0 Å². The zero-order chi connectivity index (χ0) is 14.8. The van der Waals surface area contributed by atoms with Crippen LogP contribution in [0.5, 0.6) is 5.75 Å². The van der Waals surface area contributed by atoms with Gasteiger partial charge in [-0.2, -0.15) is 0 Å². The van der Waals surface area contributed by atoms with E-state index < -0.39 is 0 Å². The minimum absolute atomic E-state index is 0.322. The number of hydrogen-bond donors (Lipinski definition) is 0. The van der Waals surface area contributed by atoms with E-state index in [9.17, 15) is 0 Å². The SMILES string of the molecule is C=C1C[C@H](c2ccc(Cl)cc2)N(c2ccc(OC)cc2)C1. The lowest BCUT2D eigenvalue weighted by atomic mass is 10.0. The third-order valence-electron chi connectivity index (χ3n) is 3.91. The number of halogens is 1. The smallest absolute Gasteiger partial charge is 0.119 e. The van der Waals surface area contributed by atoms with Crippen molar-refractivity contribution in [3.8, 4) is 5.75 Å². The molecule has 2 nitrogen and oxygen atoms in total. The van der Waals surface area contributed by atoms with Gasteiger partial charge in [0.05, 0.1) is 13.2 Å². The van der Waals surface area contributed by atoms with Gasteiger partial charge in [0.15, 0.2) is 0 Å². The van der Waals surface area contributed by atoms with Gasteiger partial charge in [0.25, 0.3) is 0 Å². The average molecular weight is 300 g/mol. The summed E-state index contributed by atoms with van der Waals surface area (Å²) in [5, 5.41) is 0.770. The Morgan fingerprint density at radius 1 is 1.10 bits per heavy atom. The van der Waals surface area contributed by atoms with E-state index in [-0.39, 0.29) is 0 Å². The van der Waals surface area contributed by atoms with E-state index in [0.717, 1.165) is 23.7 Å². The predicted octanol–water partition coefficient (Wildman–Crippen LogP) is 4.86. The van der Waals surface area contributed by atoms with Crippen molar-refractivity contribution in [1.29, 1.82) is 0 Å². The molecule has 1 aliphatic heterocycles. The lowest BCUT2D eigenvalue weighted by Crippen LogP contribution is -2.22. The summed E-state index contributed by atoms with van der Waals surface area (Å²) < 4.78 is 5.23. The summed E-state index contributed by atoms with van der Waals surface area (Å²) in [7, 11) is 1.68. The number of benzene rings is 2. The fraction of sp³-hybridized carbons (Fsp3) is 0.222. The molecule has 1 aliphatic rings. The Labute approximate surface area is 130 Å². The van der Waals surface area contributed by atoms with E-state index in [2.05, 4.69) is 35.7 Å². The van der Waals surface area contributed by atoms with Crippen molar-refractivity contribution in [2.75, 3.05) is 18.6 Å². The van der Waals surface area contributed by atoms with Crippen molar-refractivity contribution in [3.63, 3.8) is 0 Å². The lowest BCUT2D eigenvalue weighted by molar-refractivity contribution is 0.415. The Morgan fingerprint density at radius 2 is 1.76 bits per heavy atom. The minimum Gasteiger partial charge on any atom is -0.497 e. The largest absolute Gasteiger partial charge is 0.497 e. The maximum absolute atomic E-state index is 5.99. The Balaban J connectivity index is 1.91. The molecule has 0 bridgehead atoms. The zero-order valence-corrected chi connectivity index (χ0v) is 12.8. The maximum Gasteiger partial charge on any atom is 0.119 e. The first-order chi connectivity index (χ1) is 10.2. The van der Waals surface area contributed by atoms with Gasteiger partial charge >= 0.3 is 0 Å². The van der Waals surface area contributed by atoms with Gasteiger partial charge < -0.3 is 9.64 Å². The standard InChI is InChI=1S/C18H18ClNO/c1-13-11-18(14-3-5-15(19)6-4-14)20(12-13)16-7-9-17(21-2)10-8-16/h3-10,18H,1,11-12H2,2H3/t18-/m1/s1. The van der Waals surface area contributed by atoms with Crippen LogP contribution in [-0.4, -0.2) is 13.7 Å². The second kappa shape index (κ2) is 5.82. The molecule has 1 fully saturated rings. The van der Waals surface area contributed by atoms with Crippen molar-refractivity contribution in [2.45, 2.75) is 12.5 Å². The highest BCUT2D eigenvalue weighted by Gasteiger charge is 2.28. The van der Waals surface area contributed by atoms with Crippen LogP contribution in [0, 0.1) is 0 Å². The van der Waals surface area contributed by atoms with E-state index in [1.807, 2.05) is 24.3 Å². The molecule has 3 rings (SSSR count). The normalized spacial score (nSPS) is 18.1. The van der Waals surface area contributed by atoms with Gasteiger partial charge in [-0.1, -0.05) is 35.9 Å². The van der Waals surface area contributed by atoms with Gasteiger partial charge in [-0.15, -0.1) is 0 Å². The number of anilines is 1. The summed E-state index contributed by atoms with van der Waals surface area (Å²) in [6.07, 6.45) is 0.980. The number of rotatable bonds is 3. The highest BCUT2D eigenvalue weighted by molar-refractivity contribution is 6.30. The number of ether oxygens (including phenoxy) is 1. The number of methoxy groups -OCH3 is 1. The molecule has 21 heavy (non-hydrogen) atoms. The molecular weight excluding hydrogens is 282 g/mol. The second-order valence-electron chi connectivity index (χ2n) is 5.35. The average Bonchev–Trinajstić information content (AvgIpc) is 2.90. The summed E-state index contributed by atoms with van der Waals surface area (Å²) in [6, 6.07) is 16.6. The molecular formula is C18H18ClNO. The molecule has 0 unspecified atom stereocenters. The first-order valence-electron chi connectivity index (χ1n) is 7.00. The Kier molecular flexibility index (Phi) is 3.89. The van der Waals surface area contributed by atoms with Crippen LogP contribution in [0.25, 0.3) is 0 Å². The minimum atomic E-state index is 0.322. The second-order valence-corrected chi connectivity index (χ2v) is 5.78. The molecule has 1 atom stereocenters. The molecule has 0 radical (unpaired) electrons. The van der Waals surface area contributed by atoms with Crippen LogP contribution in [0.15, 0.2) is 60.7 Å². The molecule has 108 valence electrons. The molecule has 2 aromatic carbocycles. The first kappa shape index (κ1) is 14.0. The van der Waals surface area contributed by atoms with Crippen molar-refractivity contribution in [3.05, 3.63) is 71.3 Å². The van der Waals surface area contributed by atoms with E-state index in [4.69, 9.17) is 16.3 Å². The van der Waals surface area contributed by atoms with Crippen LogP contribution >= 0.6 is 11.6 Å². The fourth-order valence-corrected chi connectivity index (χ4v) is 2.95. The molecule has 0 aromatic heterocycles. The Hall–Kier alpha value is -1.93. The van der Waals surface area contributed by atoms with Crippen molar-refractivity contribution >= 4 is 17.3 Å². The van der Waals surface area contributed by atoms with Crippen LogP contribution in [0.1, 0.15) is 18.0 Å². The van der Waals surface area contributed by atoms with Crippen LogP contribution in [0.3, 0.4) is 0 Å². The monoisotopic (exact) mass is 299 g/mol. The van der Waals surface area contributed by atoms with Gasteiger partial charge in [0.1, 0.15) is 5.75 Å². The quantitative estimate of drug-likeness (QED) is 0.751. The van der Waals surface area contributed by atoms with Crippen LogP contribution in [0.2, 0.25) is 5.02 Å². The van der Waals surface area contributed by atoms with Gasteiger partial charge in [0.2, 0.25) is 0 Å². The molecule has 0 aliphatic carbocycles. The molecule has 0 N–H and O–H groups in total. The van der Waals surface area contributed by atoms with Gasteiger partial charge in [-0.3, -0.25) is 0 Å². The maximum atomic E-state index is 5.99. The molecule has 0 amide bonds. The fourth-order valence-electron chi connectivity index (χ4n) is 2.83. The van der Waals surface area contributed by atoms with E-state index in [1.165, 1.54) is 16.8 Å². The topological polar surface area (TPSA) is 12.5 Å². The third kappa shape index (κ3) is 2.91. The summed E-state index contributed by atoms with van der Waals surface area (Å²) >= 11 is 5.99. The van der Waals surface area contributed by atoms with Gasteiger partial charge in [-0.05, 0) is 48.4 Å². The molecule has 2 aromatic rings. The third-order valence-corrected chi connectivity index (χ3v) is 4.16. The summed E-state index contributed by atoms with van der Waals surface area (Å²) in [5.74, 6) is 0.875. The highest BCUT2D eigenvalue weighted by atomic mass is 35.5. The van der Waals surface area contributed by atoms with Gasteiger partial charge in [0, 0.05) is 17.3 Å². The summed E-state index contributed by atoms with van der Waals surface area (Å²) in [5.41, 5.74) is 3.72. The van der Waals surface area contributed by atoms with Crippen LogP contribution < -0.4 is 9.64 Å². The Morgan fingerprint density at radius 3 is 2.38 bits per heavy atom. The number of hydrogen-bond acceptors (Lipinski definition) is 2. The van der Waals surface area contributed by atoms with Crippen LogP contribution in [-0.2, 0) is 0 Å². The molecule has 3 heteroatoms. The van der Waals surface area contributed by atoms with Crippen molar-refractivity contribution in [1.82, 2.24) is 0 Å². The van der Waals surface area contributed by atoms with Crippen molar-refractivity contribution in [2.24, 2.45) is 0 Å². The summed E-state index contributed by atoms with van der Waals surface area (Å²) in [6.45, 7) is 5.05. The molecule has 0 saturated carbocycles. The van der Waals surface area contributed by atoms with Crippen LogP contribution in [0.4, 0.5) is 5.69 Å². The predicted molar refractivity (Wildman–Crippen MR) is 88.3 cm³/mol. The Bertz CT molecular complexity index is 633. The van der Waals surface area contributed by atoms with E-state index in [0.29, 0.717) is 6.04 Å².